The first kappa shape index (κ1) is 14.8. The van der Waals surface area contributed by atoms with Crippen LogP contribution in [-0.4, -0.2) is 28.9 Å². The molecule has 1 aliphatic rings. The Hall–Kier alpha value is -1.57. The number of aliphatic hydroxyl groups excluding tert-OH is 1. The predicted molar refractivity (Wildman–Crippen MR) is 78.5 cm³/mol. The molecule has 0 aliphatic carbocycles. The summed E-state index contributed by atoms with van der Waals surface area (Å²) in [7, 11) is 0. The van der Waals surface area contributed by atoms with Crippen LogP contribution in [0.3, 0.4) is 0 Å². The zero-order valence-corrected chi connectivity index (χ0v) is 12.1. The van der Waals surface area contributed by atoms with Gasteiger partial charge >= 0.3 is 0 Å². The lowest BCUT2D eigenvalue weighted by Crippen LogP contribution is -2.29. The molecule has 1 unspecified atom stereocenters. The predicted octanol–water partition coefficient (Wildman–Crippen LogP) is 2.35. The standard InChI is InChI=1S/C16H22N2O2/c1-12(19)14-5-4-13(11-17)10-15(14)18-8-3-6-16(2,20)7-9-18/h4-5,10,12,19-20H,3,6-9H2,1-2H3/t12-,16?/m0/s1. The highest BCUT2D eigenvalue weighted by atomic mass is 16.3. The number of hydrogen-bond acceptors (Lipinski definition) is 4. The summed E-state index contributed by atoms with van der Waals surface area (Å²) >= 11 is 0. The Morgan fingerprint density at radius 1 is 1.35 bits per heavy atom. The van der Waals surface area contributed by atoms with E-state index in [1.54, 1.807) is 13.0 Å². The van der Waals surface area contributed by atoms with Gasteiger partial charge in [0.15, 0.2) is 0 Å². The first-order valence-corrected chi connectivity index (χ1v) is 7.12. The zero-order valence-electron chi connectivity index (χ0n) is 12.1. The van der Waals surface area contributed by atoms with Crippen molar-refractivity contribution in [3.63, 3.8) is 0 Å². The molecule has 0 bridgehead atoms. The number of nitriles is 1. The van der Waals surface area contributed by atoms with Gasteiger partial charge in [-0.1, -0.05) is 6.07 Å². The molecule has 108 valence electrons. The molecule has 20 heavy (non-hydrogen) atoms. The van der Waals surface area contributed by atoms with E-state index in [9.17, 15) is 10.2 Å². The molecule has 0 radical (unpaired) electrons. The molecule has 2 N–H and O–H groups in total. The topological polar surface area (TPSA) is 67.5 Å². The molecule has 4 nitrogen and oxygen atoms in total. The van der Waals surface area contributed by atoms with Crippen LogP contribution in [0.2, 0.25) is 0 Å². The van der Waals surface area contributed by atoms with Gasteiger partial charge in [-0.3, -0.25) is 0 Å². The fraction of sp³-hybridized carbons (Fsp3) is 0.562. The molecule has 2 rings (SSSR count). The Morgan fingerprint density at radius 3 is 2.75 bits per heavy atom. The van der Waals surface area contributed by atoms with E-state index in [0.717, 1.165) is 37.2 Å². The van der Waals surface area contributed by atoms with Gasteiger partial charge in [0.2, 0.25) is 0 Å². The average molecular weight is 274 g/mol. The van der Waals surface area contributed by atoms with E-state index in [0.29, 0.717) is 12.0 Å². The van der Waals surface area contributed by atoms with Gasteiger partial charge in [-0.05, 0) is 45.2 Å². The summed E-state index contributed by atoms with van der Waals surface area (Å²) in [5.41, 5.74) is 1.73. The molecule has 4 heteroatoms. The van der Waals surface area contributed by atoms with Gasteiger partial charge in [0.05, 0.1) is 23.3 Å². The monoisotopic (exact) mass is 274 g/mol. The van der Waals surface area contributed by atoms with Crippen LogP contribution in [0, 0.1) is 11.3 Å². The van der Waals surface area contributed by atoms with E-state index in [1.165, 1.54) is 0 Å². The molecule has 1 aromatic carbocycles. The Labute approximate surface area is 120 Å². The van der Waals surface area contributed by atoms with Crippen molar-refractivity contribution < 1.29 is 10.2 Å². The van der Waals surface area contributed by atoms with Crippen molar-refractivity contribution in [2.75, 3.05) is 18.0 Å². The van der Waals surface area contributed by atoms with Crippen molar-refractivity contribution >= 4 is 5.69 Å². The van der Waals surface area contributed by atoms with E-state index in [4.69, 9.17) is 5.26 Å². The van der Waals surface area contributed by atoms with Crippen molar-refractivity contribution in [1.82, 2.24) is 0 Å². The summed E-state index contributed by atoms with van der Waals surface area (Å²) in [5.74, 6) is 0. The van der Waals surface area contributed by atoms with Crippen LogP contribution in [0.25, 0.3) is 0 Å². The van der Waals surface area contributed by atoms with Gasteiger partial charge in [0.25, 0.3) is 0 Å². The average Bonchev–Trinajstić information content (AvgIpc) is 2.58. The molecular formula is C16H22N2O2. The quantitative estimate of drug-likeness (QED) is 0.868. The summed E-state index contributed by atoms with van der Waals surface area (Å²) in [6.07, 6.45) is 1.82. The lowest BCUT2D eigenvalue weighted by Gasteiger charge is -2.27. The fourth-order valence-corrected chi connectivity index (χ4v) is 2.74. The summed E-state index contributed by atoms with van der Waals surface area (Å²) in [4.78, 5) is 2.17. The highest BCUT2D eigenvalue weighted by Crippen LogP contribution is 2.31. The van der Waals surface area contributed by atoms with Crippen LogP contribution in [0.15, 0.2) is 18.2 Å². The van der Waals surface area contributed by atoms with E-state index in [1.807, 2.05) is 19.1 Å². The smallest absolute Gasteiger partial charge is 0.0992 e. The second-order valence-electron chi connectivity index (χ2n) is 5.90. The minimum absolute atomic E-state index is 0.568. The number of benzene rings is 1. The van der Waals surface area contributed by atoms with Gasteiger partial charge < -0.3 is 15.1 Å². The second-order valence-corrected chi connectivity index (χ2v) is 5.90. The van der Waals surface area contributed by atoms with Crippen LogP contribution in [0.5, 0.6) is 0 Å². The van der Waals surface area contributed by atoms with Crippen molar-refractivity contribution in [2.45, 2.75) is 44.8 Å². The normalized spacial score (nSPS) is 24.9. The third-order valence-electron chi connectivity index (χ3n) is 4.01. The molecule has 0 aromatic heterocycles. The van der Waals surface area contributed by atoms with E-state index in [2.05, 4.69) is 11.0 Å². The fourth-order valence-electron chi connectivity index (χ4n) is 2.74. The second kappa shape index (κ2) is 5.82. The van der Waals surface area contributed by atoms with E-state index < -0.39 is 11.7 Å². The number of nitrogens with zero attached hydrogens (tertiary/aromatic N) is 2. The van der Waals surface area contributed by atoms with Gasteiger partial charge in [-0.2, -0.15) is 5.26 Å². The van der Waals surface area contributed by atoms with Crippen LogP contribution in [0.1, 0.15) is 50.3 Å². The lowest BCUT2D eigenvalue weighted by atomic mass is 9.98. The Bertz CT molecular complexity index is 518. The summed E-state index contributed by atoms with van der Waals surface area (Å²) in [6.45, 7) is 5.18. The molecule has 0 saturated carbocycles. The molecule has 1 aromatic rings. The summed E-state index contributed by atoms with van der Waals surface area (Å²) in [5, 5.41) is 29.1. The highest BCUT2D eigenvalue weighted by molar-refractivity contribution is 5.58. The molecule has 0 spiro atoms. The first-order valence-electron chi connectivity index (χ1n) is 7.12. The van der Waals surface area contributed by atoms with E-state index >= 15 is 0 Å². The largest absolute Gasteiger partial charge is 0.390 e. The minimum atomic E-state index is -0.618. The first-order chi connectivity index (χ1) is 9.43. The molecule has 1 heterocycles. The maximum Gasteiger partial charge on any atom is 0.0992 e. The molecule has 1 fully saturated rings. The Kier molecular flexibility index (Phi) is 4.32. The number of rotatable bonds is 2. The molecule has 1 aliphatic heterocycles. The van der Waals surface area contributed by atoms with Crippen LogP contribution < -0.4 is 4.90 Å². The Balaban J connectivity index is 2.33. The molecule has 2 atom stereocenters. The van der Waals surface area contributed by atoms with Crippen LogP contribution >= 0.6 is 0 Å². The maximum absolute atomic E-state index is 10.2. The van der Waals surface area contributed by atoms with Gasteiger partial charge in [0.1, 0.15) is 0 Å². The Morgan fingerprint density at radius 2 is 2.10 bits per heavy atom. The van der Waals surface area contributed by atoms with Crippen molar-refractivity contribution in [2.24, 2.45) is 0 Å². The summed E-state index contributed by atoms with van der Waals surface area (Å²) < 4.78 is 0. The lowest BCUT2D eigenvalue weighted by molar-refractivity contribution is 0.0481. The van der Waals surface area contributed by atoms with Crippen molar-refractivity contribution in [3.05, 3.63) is 29.3 Å². The molecule has 0 amide bonds. The SMILES string of the molecule is C[C@H](O)c1ccc(C#N)cc1N1CCCC(C)(O)CC1. The third kappa shape index (κ3) is 3.30. The van der Waals surface area contributed by atoms with Gasteiger partial charge in [-0.15, -0.1) is 0 Å². The van der Waals surface area contributed by atoms with Crippen LogP contribution in [0.4, 0.5) is 5.69 Å². The van der Waals surface area contributed by atoms with E-state index in [-0.39, 0.29) is 0 Å². The maximum atomic E-state index is 10.2. The zero-order chi connectivity index (χ0) is 14.8. The molecular weight excluding hydrogens is 252 g/mol. The van der Waals surface area contributed by atoms with Crippen LogP contribution in [-0.2, 0) is 0 Å². The van der Waals surface area contributed by atoms with Gasteiger partial charge in [0, 0.05) is 24.3 Å². The minimum Gasteiger partial charge on any atom is -0.390 e. The van der Waals surface area contributed by atoms with Crippen molar-refractivity contribution in [1.29, 1.82) is 5.26 Å². The molecule has 1 saturated heterocycles. The van der Waals surface area contributed by atoms with Gasteiger partial charge in [-0.25, -0.2) is 0 Å². The third-order valence-corrected chi connectivity index (χ3v) is 4.01. The summed E-state index contributed by atoms with van der Waals surface area (Å²) in [6, 6.07) is 7.54. The number of aliphatic hydroxyl groups is 2. The number of hydrogen-bond donors (Lipinski definition) is 2. The number of anilines is 1. The van der Waals surface area contributed by atoms with Crippen molar-refractivity contribution in [3.8, 4) is 6.07 Å². The highest BCUT2D eigenvalue weighted by Gasteiger charge is 2.26.